The number of carbonyl (C=O) groups is 1. The molecule has 0 aliphatic carbocycles. The van der Waals surface area contributed by atoms with E-state index in [-0.39, 0.29) is 5.97 Å². The summed E-state index contributed by atoms with van der Waals surface area (Å²) in [6.45, 7) is 4.10. The first kappa shape index (κ1) is 11.0. The Balaban J connectivity index is 2.32. The molecule has 2 heterocycles. The summed E-state index contributed by atoms with van der Waals surface area (Å²) < 4.78 is 10.3. The van der Waals surface area contributed by atoms with Crippen molar-refractivity contribution in [1.29, 1.82) is 0 Å². The number of furan rings is 1. The lowest BCUT2D eigenvalue weighted by atomic mass is 10.2. The van der Waals surface area contributed by atoms with Gasteiger partial charge in [-0.25, -0.2) is 4.79 Å². The molecule has 0 aliphatic rings. The minimum absolute atomic E-state index is 0.269. The van der Waals surface area contributed by atoms with Crippen LogP contribution < -0.4 is 0 Å². The van der Waals surface area contributed by atoms with Crippen LogP contribution in [-0.2, 0) is 4.74 Å². The average molecular weight is 236 g/mol. The van der Waals surface area contributed by atoms with E-state index < -0.39 is 0 Å². The molecule has 0 atom stereocenters. The summed E-state index contributed by atoms with van der Waals surface area (Å²) in [7, 11) is 0. The van der Waals surface area contributed by atoms with Gasteiger partial charge in [-0.1, -0.05) is 0 Å². The highest BCUT2D eigenvalue weighted by atomic mass is 32.1. The first-order valence-electron chi connectivity index (χ1n) is 5.03. The van der Waals surface area contributed by atoms with Crippen LogP contribution in [0.3, 0.4) is 0 Å². The molecule has 2 aromatic heterocycles. The van der Waals surface area contributed by atoms with Crippen LogP contribution in [0.4, 0.5) is 0 Å². The van der Waals surface area contributed by atoms with Gasteiger partial charge in [0.25, 0.3) is 0 Å². The second kappa shape index (κ2) is 4.53. The molecule has 3 nitrogen and oxygen atoms in total. The monoisotopic (exact) mass is 236 g/mol. The van der Waals surface area contributed by atoms with E-state index in [1.165, 1.54) is 11.3 Å². The van der Waals surface area contributed by atoms with Gasteiger partial charge in [0.2, 0.25) is 0 Å². The lowest BCUT2D eigenvalue weighted by Crippen LogP contribution is -2.04. The minimum atomic E-state index is -0.269. The highest BCUT2D eigenvalue weighted by Gasteiger charge is 2.15. The van der Waals surface area contributed by atoms with E-state index in [1.54, 1.807) is 13.2 Å². The fourth-order valence-corrected chi connectivity index (χ4v) is 2.41. The molecule has 16 heavy (non-hydrogen) atoms. The summed E-state index contributed by atoms with van der Waals surface area (Å²) in [4.78, 5) is 13.5. The molecule has 0 saturated heterocycles. The van der Waals surface area contributed by atoms with Crippen molar-refractivity contribution in [3.05, 3.63) is 34.9 Å². The van der Waals surface area contributed by atoms with Crippen LogP contribution in [0.15, 0.2) is 28.9 Å². The number of esters is 1. The second-order valence-electron chi connectivity index (χ2n) is 3.28. The molecule has 84 valence electrons. The molecule has 0 spiro atoms. The first-order chi connectivity index (χ1) is 7.72. The fourth-order valence-electron chi connectivity index (χ4n) is 1.43. The Bertz CT molecular complexity index is 482. The van der Waals surface area contributed by atoms with E-state index in [9.17, 15) is 4.79 Å². The van der Waals surface area contributed by atoms with E-state index in [1.807, 2.05) is 25.1 Å². The van der Waals surface area contributed by atoms with Crippen molar-refractivity contribution in [2.75, 3.05) is 6.61 Å². The highest BCUT2D eigenvalue weighted by molar-refractivity contribution is 7.15. The van der Waals surface area contributed by atoms with Gasteiger partial charge in [-0.2, -0.15) is 0 Å². The zero-order valence-corrected chi connectivity index (χ0v) is 9.97. The topological polar surface area (TPSA) is 39.4 Å². The van der Waals surface area contributed by atoms with E-state index in [4.69, 9.17) is 9.15 Å². The third-order valence-electron chi connectivity index (χ3n) is 2.18. The zero-order valence-electron chi connectivity index (χ0n) is 9.15. The van der Waals surface area contributed by atoms with Gasteiger partial charge in [0.05, 0.1) is 23.3 Å². The molecule has 0 saturated carbocycles. The van der Waals surface area contributed by atoms with E-state index in [0.29, 0.717) is 12.2 Å². The van der Waals surface area contributed by atoms with Crippen LogP contribution in [0.25, 0.3) is 10.6 Å². The van der Waals surface area contributed by atoms with Crippen molar-refractivity contribution in [2.45, 2.75) is 13.8 Å². The second-order valence-corrected chi connectivity index (χ2v) is 4.53. The standard InChI is InChI=1S/C12H12O3S/c1-3-14-12(13)9-7-11(16-8(9)2)10-5-4-6-15-10/h4-7H,3H2,1-2H3. The van der Waals surface area contributed by atoms with Gasteiger partial charge >= 0.3 is 5.97 Å². The maximum Gasteiger partial charge on any atom is 0.339 e. The van der Waals surface area contributed by atoms with Crippen molar-refractivity contribution in [3.8, 4) is 10.6 Å². The van der Waals surface area contributed by atoms with Crippen LogP contribution in [0.5, 0.6) is 0 Å². The maximum atomic E-state index is 11.6. The largest absolute Gasteiger partial charge is 0.464 e. The van der Waals surface area contributed by atoms with Gasteiger partial charge in [-0.05, 0) is 32.0 Å². The molecule has 0 unspecified atom stereocenters. The van der Waals surface area contributed by atoms with Crippen molar-refractivity contribution < 1.29 is 13.9 Å². The number of rotatable bonds is 3. The summed E-state index contributed by atoms with van der Waals surface area (Å²) in [6.07, 6.45) is 1.62. The third kappa shape index (κ3) is 2.02. The SMILES string of the molecule is CCOC(=O)c1cc(-c2ccco2)sc1C. The van der Waals surface area contributed by atoms with Crippen molar-refractivity contribution in [1.82, 2.24) is 0 Å². The minimum Gasteiger partial charge on any atom is -0.464 e. The van der Waals surface area contributed by atoms with Gasteiger partial charge in [0, 0.05) is 4.88 Å². The summed E-state index contributed by atoms with van der Waals surface area (Å²) in [5.74, 6) is 0.512. The molecule has 0 aromatic carbocycles. The molecule has 0 fully saturated rings. The molecular formula is C12H12O3S. The van der Waals surface area contributed by atoms with Gasteiger partial charge in [0.15, 0.2) is 0 Å². The van der Waals surface area contributed by atoms with E-state index in [2.05, 4.69) is 0 Å². The van der Waals surface area contributed by atoms with Crippen LogP contribution in [-0.4, -0.2) is 12.6 Å². The average Bonchev–Trinajstić information content (AvgIpc) is 2.86. The predicted molar refractivity (Wildman–Crippen MR) is 62.7 cm³/mol. The maximum absolute atomic E-state index is 11.6. The fraction of sp³-hybridized carbons (Fsp3) is 0.250. The molecule has 0 radical (unpaired) electrons. The van der Waals surface area contributed by atoms with Crippen molar-refractivity contribution in [3.63, 3.8) is 0 Å². The van der Waals surface area contributed by atoms with Gasteiger partial charge in [0.1, 0.15) is 5.76 Å². The summed E-state index contributed by atoms with van der Waals surface area (Å²) in [6, 6.07) is 5.52. The lowest BCUT2D eigenvalue weighted by molar-refractivity contribution is 0.0526. The Kier molecular flexibility index (Phi) is 3.10. The Hall–Kier alpha value is -1.55. The molecule has 0 aliphatic heterocycles. The Morgan fingerprint density at radius 2 is 2.38 bits per heavy atom. The van der Waals surface area contributed by atoms with Crippen molar-refractivity contribution >= 4 is 17.3 Å². The summed E-state index contributed by atoms with van der Waals surface area (Å²) in [5, 5.41) is 0. The molecule has 0 bridgehead atoms. The lowest BCUT2D eigenvalue weighted by Gasteiger charge is -1.98. The molecular weight excluding hydrogens is 224 g/mol. The van der Waals surface area contributed by atoms with Crippen LogP contribution in [0.1, 0.15) is 22.2 Å². The predicted octanol–water partition coefficient (Wildman–Crippen LogP) is 3.49. The Morgan fingerprint density at radius 1 is 1.56 bits per heavy atom. The summed E-state index contributed by atoms with van der Waals surface area (Å²) in [5.41, 5.74) is 0.623. The Morgan fingerprint density at radius 3 is 3.00 bits per heavy atom. The van der Waals surface area contributed by atoms with Gasteiger partial charge in [-0.15, -0.1) is 11.3 Å². The number of ether oxygens (including phenoxy) is 1. The Labute approximate surface area is 97.7 Å². The molecule has 0 N–H and O–H groups in total. The molecule has 2 rings (SSSR count). The highest BCUT2D eigenvalue weighted by Crippen LogP contribution is 2.31. The number of carbonyl (C=O) groups excluding carboxylic acids is 1. The number of hydrogen-bond donors (Lipinski definition) is 0. The first-order valence-corrected chi connectivity index (χ1v) is 5.85. The zero-order chi connectivity index (χ0) is 11.5. The number of aryl methyl sites for hydroxylation is 1. The normalized spacial score (nSPS) is 10.4. The number of thiophene rings is 1. The van der Waals surface area contributed by atoms with E-state index >= 15 is 0 Å². The smallest absolute Gasteiger partial charge is 0.339 e. The van der Waals surface area contributed by atoms with Crippen LogP contribution in [0.2, 0.25) is 0 Å². The molecule has 2 aromatic rings. The summed E-state index contributed by atoms with van der Waals surface area (Å²) >= 11 is 1.53. The quantitative estimate of drug-likeness (QED) is 0.766. The van der Waals surface area contributed by atoms with E-state index in [0.717, 1.165) is 15.5 Å². The molecule has 4 heteroatoms. The third-order valence-corrected chi connectivity index (χ3v) is 3.24. The van der Waals surface area contributed by atoms with Gasteiger partial charge in [-0.3, -0.25) is 0 Å². The van der Waals surface area contributed by atoms with Crippen LogP contribution in [0, 0.1) is 6.92 Å². The van der Waals surface area contributed by atoms with Crippen LogP contribution >= 0.6 is 11.3 Å². The van der Waals surface area contributed by atoms with Crippen molar-refractivity contribution in [2.24, 2.45) is 0 Å². The molecule has 0 amide bonds. The van der Waals surface area contributed by atoms with Gasteiger partial charge < -0.3 is 9.15 Å². The number of hydrogen-bond acceptors (Lipinski definition) is 4.